The first-order valence-corrected chi connectivity index (χ1v) is 14.6. The average Bonchev–Trinajstić information content (AvgIpc) is 3.22. The monoisotopic (exact) mass is 597 g/mol. The molecule has 2 N–H and O–H groups in total. The Morgan fingerprint density at radius 3 is 2.23 bits per heavy atom. The molecule has 0 radical (unpaired) electrons. The van der Waals surface area contributed by atoms with E-state index in [1.54, 1.807) is 7.05 Å². The Balaban J connectivity index is 1.54. The quantitative estimate of drug-likeness (QED) is 0.463. The summed E-state index contributed by atoms with van der Waals surface area (Å²) in [6.07, 6.45) is 2.22. The Morgan fingerprint density at radius 2 is 1.63 bits per heavy atom. The third kappa shape index (κ3) is 5.75. The average molecular weight is 598 g/mol. The first kappa shape index (κ1) is 30.6. The van der Waals surface area contributed by atoms with Gasteiger partial charge in [-0.1, -0.05) is 12.1 Å². The van der Waals surface area contributed by atoms with Crippen molar-refractivity contribution in [2.45, 2.75) is 44.3 Å². The zero-order valence-corrected chi connectivity index (χ0v) is 25.2. The van der Waals surface area contributed by atoms with Gasteiger partial charge >= 0.3 is 11.8 Å². The van der Waals surface area contributed by atoms with E-state index in [4.69, 9.17) is 0 Å². The van der Waals surface area contributed by atoms with E-state index in [1.165, 1.54) is 52.7 Å². The molecule has 1 aromatic heterocycles. The lowest BCUT2D eigenvalue weighted by Crippen LogP contribution is -2.55. The zero-order valence-electron chi connectivity index (χ0n) is 25.2. The second-order valence-corrected chi connectivity index (χ2v) is 12.5. The van der Waals surface area contributed by atoms with E-state index >= 15 is 0 Å². The maximum atomic E-state index is 13.8. The Hall–Kier alpha value is -3.84. The number of nitrogens with zero attached hydrogens (tertiary/aromatic N) is 6. The first-order chi connectivity index (χ1) is 20.4. The number of aromatic nitrogens is 2. The highest BCUT2D eigenvalue weighted by atomic mass is 19.1. The third-order valence-electron chi connectivity index (χ3n) is 9.47. The van der Waals surface area contributed by atoms with Gasteiger partial charge in [0.05, 0.1) is 0 Å². The van der Waals surface area contributed by atoms with Gasteiger partial charge in [-0.05, 0) is 50.4 Å². The second-order valence-electron chi connectivity index (χ2n) is 12.5. The van der Waals surface area contributed by atoms with Crippen molar-refractivity contribution < 1.29 is 23.9 Å². The van der Waals surface area contributed by atoms with Gasteiger partial charge in [-0.25, -0.2) is 9.37 Å². The van der Waals surface area contributed by atoms with Crippen LogP contribution in [-0.2, 0) is 28.2 Å². The molecule has 43 heavy (non-hydrogen) atoms. The SMILES string of the molecule is CN1CCN(CC23CCC(N(C)C(=O)C(=O)N(C)C)(CC2)c2nc(C(=O)NCc4ccc(F)cc4)c(O)c(=O)n2C3)CC1. The highest BCUT2D eigenvalue weighted by Crippen LogP contribution is 2.52. The van der Waals surface area contributed by atoms with Crippen LogP contribution in [0.2, 0.25) is 0 Å². The molecule has 1 saturated heterocycles. The fourth-order valence-electron chi connectivity index (χ4n) is 6.69. The van der Waals surface area contributed by atoms with Gasteiger partial charge in [-0.2, -0.15) is 0 Å². The minimum atomic E-state index is -1.14. The van der Waals surface area contributed by atoms with Crippen LogP contribution in [0.25, 0.3) is 0 Å². The number of nitrogens with one attached hydrogen (secondary N) is 1. The summed E-state index contributed by atoms with van der Waals surface area (Å²) in [7, 11) is 6.63. The molecular weight excluding hydrogens is 557 g/mol. The molecule has 12 nitrogen and oxygen atoms in total. The normalized spacial score (nSPS) is 23.7. The highest BCUT2D eigenvalue weighted by Gasteiger charge is 2.55. The van der Waals surface area contributed by atoms with Crippen LogP contribution in [0.1, 0.15) is 47.6 Å². The molecule has 2 bridgehead atoms. The van der Waals surface area contributed by atoms with Gasteiger partial charge < -0.3 is 30.0 Å². The summed E-state index contributed by atoms with van der Waals surface area (Å²) in [5.74, 6) is -3.21. The molecule has 3 amide bonds. The smallest absolute Gasteiger partial charge is 0.312 e. The van der Waals surface area contributed by atoms with Crippen molar-refractivity contribution in [3.05, 3.63) is 57.5 Å². The lowest BCUT2D eigenvalue weighted by molar-refractivity contribution is -0.155. The molecular formula is C30H40FN7O5. The van der Waals surface area contributed by atoms with Gasteiger partial charge in [0.25, 0.3) is 11.5 Å². The number of hydrogen-bond acceptors (Lipinski definition) is 8. The van der Waals surface area contributed by atoms with Gasteiger partial charge in [-0.15, -0.1) is 0 Å². The van der Waals surface area contributed by atoms with Crippen LogP contribution in [0.5, 0.6) is 5.75 Å². The van der Waals surface area contributed by atoms with E-state index in [0.717, 1.165) is 32.7 Å². The fourth-order valence-corrected chi connectivity index (χ4v) is 6.69. The van der Waals surface area contributed by atoms with Crippen LogP contribution in [0, 0.1) is 11.2 Å². The number of carbonyl (C=O) groups excluding carboxylic acids is 3. The lowest BCUT2D eigenvalue weighted by Gasteiger charge is -2.48. The number of halogens is 1. The summed E-state index contributed by atoms with van der Waals surface area (Å²) in [6.45, 7) is 4.73. The highest BCUT2D eigenvalue weighted by molar-refractivity contribution is 6.34. The molecule has 0 atom stereocenters. The summed E-state index contributed by atoms with van der Waals surface area (Å²) in [4.78, 5) is 65.2. The number of benzene rings is 1. The molecule has 1 saturated carbocycles. The third-order valence-corrected chi connectivity index (χ3v) is 9.47. The van der Waals surface area contributed by atoms with Crippen molar-refractivity contribution in [3.63, 3.8) is 0 Å². The standard InChI is InChI=1S/C30H40FN7O5/c1-34(2)26(42)27(43)36(4)30-11-9-29(10-12-30,18-37-15-13-35(3)14-16-37)19-38-25(41)23(39)22(33-28(30)38)24(40)32-17-20-5-7-21(31)8-6-20/h5-8,39H,9-19H2,1-4H3,(H,32,40). The Bertz CT molecular complexity index is 1460. The molecule has 6 rings (SSSR count). The molecule has 13 heteroatoms. The molecule has 1 aromatic carbocycles. The summed E-state index contributed by atoms with van der Waals surface area (Å²) >= 11 is 0. The zero-order chi connectivity index (χ0) is 31.1. The Kier molecular flexibility index (Phi) is 8.32. The molecule has 2 fully saturated rings. The van der Waals surface area contributed by atoms with Crippen molar-refractivity contribution in [1.82, 2.24) is 34.5 Å². The van der Waals surface area contributed by atoms with Gasteiger partial charge in [0.2, 0.25) is 5.75 Å². The van der Waals surface area contributed by atoms with E-state index in [9.17, 15) is 28.7 Å². The van der Waals surface area contributed by atoms with E-state index in [1.807, 2.05) is 0 Å². The van der Waals surface area contributed by atoms with Crippen LogP contribution in [0.3, 0.4) is 0 Å². The summed E-state index contributed by atoms with van der Waals surface area (Å²) in [5.41, 5.74) is -2.04. The fraction of sp³-hybridized carbons (Fsp3) is 0.567. The number of likely N-dealkylation sites (N-methyl/N-ethyl adjacent to an activating group) is 3. The van der Waals surface area contributed by atoms with Crippen LogP contribution < -0.4 is 10.9 Å². The topological polar surface area (TPSA) is 131 Å². The number of amides is 3. The summed E-state index contributed by atoms with van der Waals surface area (Å²) in [6, 6.07) is 5.58. The Labute approximate surface area is 250 Å². The number of fused-ring (bicyclic) bond motifs is 2. The number of rotatable bonds is 6. The van der Waals surface area contributed by atoms with Crippen LogP contribution in [0.15, 0.2) is 29.1 Å². The Morgan fingerprint density at radius 1 is 1.00 bits per heavy atom. The largest absolute Gasteiger partial charge is 0.501 e. The second kappa shape index (κ2) is 11.7. The molecule has 2 aromatic rings. The molecule has 232 valence electrons. The maximum Gasteiger partial charge on any atom is 0.312 e. The molecule has 3 aliphatic heterocycles. The molecule has 4 heterocycles. The number of aromatic hydroxyl groups is 1. The number of carbonyl (C=O) groups is 3. The van der Waals surface area contributed by atoms with Crippen molar-refractivity contribution in [2.75, 3.05) is 60.9 Å². The van der Waals surface area contributed by atoms with Gasteiger partial charge in [0.15, 0.2) is 5.69 Å². The number of piperazine rings is 1. The van der Waals surface area contributed by atoms with Crippen molar-refractivity contribution in [3.8, 4) is 5.75 Å². The first-order valence-electron chi connectivity index (χ1n) is 14.6. The van der Waals surface area contributed by atoms with E-state index in [0.29, 0.717) is 31.2 Å². The van der Waals surface area contributed by atoms with E-state index < -0.39 is 46.1 Å². The molecule has 1 aliphatic carbocycles. The van der Waals surface area contributed by atoms with Crippen LogP contribution in [0.4, 0.5) is 4.39 Å². The van der Waals surface area contributed by atoms with Crippen molar-refractivity contribution in [1.29, 1.82) is 0 Å². The van der Waals surface area contributed by atoms with Gasteiger partial charge in [0.1, 0.15) is 17.2 Å². The minimum Gasteiger partial charge on any atom is -0.501 e. The molecule has 0 spiro atoms. The van der Waals surface area contributed by atoms with Gasteiger partial charge in [-0.3, -0.25) is 23.7 Å². The maximum absolute atomic E-state index is 13.8. The minimum absolute atomic E-state index is 0.0215. The van der Waals surface area contributed by atoms with Crippen molar-refractivity contribution in [2.24, 2.45) is 5.41 Å². The molecule has 4 aliphatic rings. The van der Waals surface area contributed by atoms with E-state index in [2.05, 4.69) is 27.1 Å². The lowest BCUT2D eigenvalue weighted by atomic mass is 9.67. The predicted octanol–water partition coefficient (Wildman–Crippen LogP) is 0.581. The van der Waals surface area contributed by atoms with Crippen molar-refractivity contribution >= 4 is 17.7 Å². The molecule has 0 unspecified atom stereocenters. The van der Waals surface area contributed by atoms with E-state index in [-0.39, 0.29) is 24.3 Å². The number of hydrogen-bond donors (Lipinski definition) is 2. The summed E-state index contributed by atoms with van der Waals surface area (Å²) < 4.78 is 14.7. The summed E-state index contributed by atoms with van der Waals surface area (Å²) in [5, 5.41) is 13.7. The van der Waals surface area contributed by atoms with Crippen LogP contribution >= 0.6 is 0 Å². The van der Waals surface area contributed by atoms with Crippen LogP contribution in [-0.4, -0.2) is 113 Å². The predicted molar refractivity (Wildman–Crippen MR) is 156 cm³/mol. The van der Waals surface area contributed by atoms with Gasteiger partial charge in [0, 0.05) is 72.4 Å².